The summed E-state index contributed by atoms with van der Waals surface area (Å²) in [5.41, 5.74) is 0.354. The van der Waals surface area contributed by atoms with E-state index >= 15 is 0 Å². The third-order valence-electron chi connectivity index (χ3n) is 3.12. The fraction of sp³-hybridized carbons (Fsp3) is 0.500. The molecular formula is C14H21BN2O2. The number of likely N-dealkylation sites (tertiary alicyclic amines) is 1. The molecule has 0 spiro atoms. The van der Waals surface area contributed by atoms with E-state index in [1.54, 1.807) is 18.2 Å². The molecule has 19 heavy (non-hydrogen) atoms. The van der Waals surface area contributed by atoms with Gasteiger partial charge in [0.05, 0.1) is 11.6 Å². The number of hydrogen-bond acceptors (Lipinski definition) is 3. The van der Waals surface area contributed by atoms with Gasteiger partial charge in [-0.3, -0.25) is 4.79 Å². The molecule has 2 rings (SSSR count). The number of carbonyl (C=O) groups excluding carboxylic acids is 1. The number of phenolic OH excluding ortho intramolecular Hbond substituents is 1. The van der Waals surface area contributed by atoms with Crippen LogP contribution in [0.25, 0.3) is 0 Å². The number of phenols is 1. The van der Waals surface area contributed by atoms with Gasteiger partial charge in [-0.05, 0) is 32.1 Å². The summed E-state index contributed by atoms with van der Waals surface area (Å²) < 4.78 is 0. The maximum absolute atomic E-state index is 12.1. The van der Waals surface area contributed by atoms with Crippen molar-refractivity contribution >= 4 is 19.6 Å². The highest BCUT2D eigenvalue weighted by atomic mass is 16.3. The first-order chi connectivity index (χ1) is 9.09. The lowest BCUT2D eigenvalue weighted by atomic mass is 10.0. The van der Waals surface area contributed by atoms with Crippen LogP contribution in [-0.2, 0) is 4.79 Å². The van der Waals surface area contributed by atoms with Crippen LogP contribution in [0.3, 0.4) is 0 Å². The van der Waals surface area contributed by atoms with Gasteiger partial charge in [0, 0.05) is 6.54 Å². The minimum Gasteiger partial charge on any atom is -0.506 e. The van der Waals surface area contributed by atoms with Gasteiger partial charge in [0.1, 0.15) is 5.75 Å². The molecule has 1 heterocycles. The molecule has 0 saturated carbocycles. The van der Waals surface area contributed by atoms with Crippen LogP contribution < -0.4 is 4.81 Å². The van der Waals surface area contributed by atoms with Gasteiger partial charge in [-0.2, -0.15) is 0 Å². The molecule has 1 amide bonds. The summed E-state index contributed by atoms with van der Waals surface area (Å²) in [6.07, 6.45) is 0.816. The predicted octanol–water partition coefficient (Wildman–Crippen LogP) is 1.79. The second kappa shape index (κ2) is 7.19. The Bertz CT molecular complexity index is 426. The van der Waals surface area contributed by atoms with Crippen molar-refractivity contribution < 1.29 is 9.90 Å². The number of rotatable bonds is 2. The molecule has 5 heteroatoms. The molecule has 1 aliphatic heterocycles. The highest BCUT2D eigenvalue weighted by molar-refractivity contribution is 6.31. The number of carbonyl (C=O) groups is 1. The zero-order valence-electron chi connectivity index (χ0n) is 11.8. The number of para-hydroxylation sites is 2. The summed E-state index contributed by atoms with van der Waals surface area (Å²) in [6, 6.07) is 6.58. The molecule has 1 saturated heterocycles. The Morgan fingerprint density at radius 2 is 2.05 bits per heavy atom. The van der Waals surface area contributed by atoms with Gasteiger partial charge in [0.15, 0.2) is 0 Å². The van der Waals surface area contributed by atoms with Crippen molar-refractivity contribution in [2.45, 2.75) is 20.3 Å². The second-order valence-electron chi connectivity index (χ2n) is 4.44. The van der Waals surface area contributed by atoms with E-state index in [-0.39, 0.29) is 17.6 Å². The standard InChI is InChI=1S/C12H15BN2O2.C2H6/c1-14-7-6-9(8-14)12(17)15(13)10-4-2-3-5-11(10)16;1-2/h2-5,9,16H,6-8H2,1H3;1-2H3. The number of hydrogen-bond donors (Lipinski definition) is 1. The fourth-order valence-corrected chi connectivity index (χ4v) is 2.12. The summed E-state index contributed by atoms with van der Waals surface area (Å²) in [4.78, 5) is 15.3. The molecule has 4 nitrogen and oxygen atoms in total. The smallest absolute Gasteiger partial charge is 0.238 e. The predicted molar refractivity (Wildman–Crippen MR) is 78.3 cm³/mol. The Morgan fingerprint density at radius 3 is 2.58 bits per heavy atom. The largest absolute Gasteiger partial charge is 0.506 e. The zero-order valence-corrected chi connectivity index (χ0v) is 11.8. The lowest BCUT2D eigenvalue weighted by Gasteiger charge is -2.22. The Labute approximate surface area is 116 Å². The summed E-state index contributed by atoms with van der Waals surface area (Å²) in [5.74, 6) is -0.199. The van der Waals surface area contributed by atoms with Gasteiger partial charge in [0.2, 0.25) is 13.9 Å². The van der Waals surface area contributed by atoms with E-state index in [0.29, 0.717) is 5.69 Å². The molecule has 2 radical (unpaired) electrons. The second-order valence-corrected chi connectivity index (χ2v) is 4.44. The molecule has 0 aliphatic carbocycles. The van der Waals surface area contributed by atoms with Crippen LogP contribution in [-0.4, -0.2) is 44.0 Å². The summed E-state index contributed by atoms with van der Waals surface area (Å²) in [7, 11) is 7.75. The number of nitrogens with zero attached hydrogens (tertiary/aromatic N) is 2. The van der Waals surface area contributed by atoms with E-state index in [1.807, 2.05) is 20.9 Å². The first-order valence-electron chi connectivity index (χ1n) is 6.65. The molecule has 1 unspecified atom stereocenters. The summed E-state index contributed by atoms with van der Waals surface area (Å²) in [6.45, 7) is 5.63. The van der Waals surface area contributed by atoms with Crippen molar-refractivity contribution in [3.05, 3.63) is 24.3 Å². The van der Waals surface area contributed by atoms with E-state index in [2.05, 4.69) is 4.90 Å². The minimum atomic E-state index is -0.143. The number of aromatic hydroxyl groups is 1. The Morgan fingerprint density at radius 1 is 1.42 bits per heavy atom. The monoisotopic (exact) mass is 260 g/mol. The average Bonchev–Trinajstić information content (AvgIpc) is 2.86. The van der Waals surface area contributed by atoms with Crippen molar-refractivity contribution in [2.75, 3.05) is 24.9 Å². The average molecular weight is 260 g/mol. The Kier molecular flexibility index (Phi) is 5.89. The van der Waals surface area contributed by atoms with Gasteiger partial charge in [-0.1, -0.05) is 26.0 Å². The van der Waals surface area contributed by atoms with E-state index in [9.17, 15) is 9.90 Å². The van der Waals surface area contributed by atoms with Crippen molar-refractivity contribution in [2.24, 2.45) is 5.92 Å². The normalized spacial score (nSPS) is 18.6. The maximum Gasteiger partial charge on any atom is 0.238 e. The van der Waals surface area contributed by atoms with Crippen molar-refractivity contribution in [3.8, 4) is 5.75 Å². The topological polar surface area (TPSA) is 43.8 Å². The lowest BCUT2D eigenvalue weighted by Crippen LogP contribution is -2.35. The van der Waals surface area contributed by atoms with Crippen molar-refractivity contribution in [3.63, 3.8) is 0 Å². The van der Waals surface area contributed by atoms with Gasteiger partial charge in [-0.25, -0.2) is 0 Å². The minimum absolute atomic E-state index is 0.0229. The van der Waals surface area contributed by atoms with Crippen LogP contribution >= 0.6 is 0 Å². The molecule has 1 aromatic carbocycles. The highest BCUT2D eigenvalue weighted by Gasteiger charge is 2.29. The van der Waals surface area contributed by atoms with Crippen LogP contribution in [0.4, 0.5) is 5.69 Å². The maximum atomic E-state index is 12.1. The number of benzene rings is 1. The fourth-order valence-electron chi connectivity index (χ4n) is 2.12. The molecule has 1 aliphatic rings. The van der Waals surface area contributed by atoms with Gasteiger partial charge >= 0.3 is 0 Å². The van der Waals surface area contributed by atoms with E-state index < -0.39 is 0 Å². The van der Waals surface area contributed by atoms with Crippen LogP contribution in [0, 0.1) is 5.92 Å². The molecule has 102 valence electrons. The van der Waals surface area contributed by atoms with Crippen LogP contribution in [0.1, 0.15) is 20.3 Å². The third kappa shape index (κ3) is 3.74. The zero-order chi connectivity index (χ0) is 14.4. The van der Waals surface area contributed by atoms with Crippen molar-refractivity contribution in [1.29, 1.82) is 0 Å². The van der Waals surface area contributed by atoms with Gasteiger partial charge < -0.3 is 14.8 Å². The first-order valence-corrected chi connectivity index (χ1v) is 6.65. The van der Waals surface area contributed by atoms with E-state index in [1.165, 1.54) is 6.07 Å². The van der Waals surface area contributed by atoms with Gasteiger partial charge in [0.25, 0.3) is 0 Å². The molecule has 0 bridgehead atoms. The molecule has 1 aromatic rings. The quantitative estimate of drug-likeness (QED) is 0.824. The Balaban J connectivity index is 0.000000861. The van der Waals surface area contributed by atoms with Crippen LogP contribution in [0.2, 0.25) is 0 Å². The van der Waals surface area contributed by atoms with E-state index in [4.69, 9.17) is 7.98 Å². The van der Waals surface area contributed by atoms with Crippen LogP contribution in [0.5, 0.6) is 5.75 Å². The molecule has 1 fully saturated rings. The van der Waals surface area contributed by atoms with Crippen molar-refractivity contribution in [1.82, 2.24) is 4.90 Å². The highest BCUT2D eigenvalue weighted by Crippen LogP contribution is 2.27. The van der Waals surface area contributed by atoms with Crippen LogP contribution in [0.15, 0.2) is 24.3 Å². The molecular weight excluding hydrogens is 239 g/mol. The Hall–Kier alpha value is -1.49. The van der Waals surface area contributed by atoms with Gasteiger partial charge in [-0.15, -0.1) is 0 Å². The summed E-state index contributed by atoms with van der Waals surface area (Å²) in [5, 5.41) is 9.64. The summed E-state index contributed by atoms with van der Waals surface area (Å²) >= 11 is 0. The molecule has 1 N–H and O–H groups in total. The number of amides is 1. The van der Waals surface area contributed by atoms with E-state index in [0.717, 1.165) is 24.3 Å². The number of anilines is 1. The third-order valence-corrected chi connectivity index (χ3v) is 3.12. The first kappa shape index (κ1) is 15.6. The molecule has 0 aromatic heterocycles. The SMILES string of the molecule is CC.[B]N(C(=O)C1CCN(C)C1)c1ccccc1O. The molecule has 1 atom stereocenters. The lowest BCUT2D eigenvalue weighted by molar-refractivity contribution is -0.120.